The highest BCUT2D eigenvalue weighted by Gasteiger charge is 2.06. The van der Waals surface area contributed by atoms with Gasteiger partial charge in [0.1, 0.15) is 5.75 Å². The smallest absolute Gasteiger partial charge is 0.395 e. The molecule has 0 saturated heterocycles. The Labute approximate surface area is 114 Å². The SMILES string of the molecule is C.CC.CC(C)(C)P=O.O=POc1ccccc1. The second kappa shape index (κ2) is 14.3. The van der Waals surface area contributed by atoms with Gasteiger partial charge in [0.25, 0.3) is 0 Å². The molecule has 104 valence electrons. The molecule has 0 aliphatic carbocycles. The summed E-state index contributed by atoms with van der Waals surface area (Å²) < 4.78 is 24.4. The van der Waals surface area contributed by atoms with Gasteiger partial charge in [0, 0.05) is 5.16 Å². The highest BCUT2D eigenvalue weighted by atomic mass is 31.1. The maximum Gasteiger partial charge on any atom is 0.395 e. The quantitative estimate of drug-likeness (QED) is 0.626. The minimum atomic E-state index is -0.305. The average Bonchev–Trinajstić information content (AvgIpc) is 2.33. The van der Waals surface area contributed by atoms with Crippen molar-refractivity contribution in [2.75, 3.05) is 0 Å². The molecule has 1 rings (SSSR count). The Morgan fingerprint density at radius 3 is 1.67 bits per heavy atom. The molecule has 0 atom stereocenters. The maximum absolute atomic E-state index is 9.92. The molecule has 1 aromatic carbocycles. The van der Waals surface area contributed by atoms with E-state index >= 15 is 0 Å². The third-order valence-electron chi connectivity index (χ3n) is 1.16. The fourth-order valence-corrected chi connectivity index (χ4v) is 0.732. The first-order valence-electron chi connectivity index (χ1n) is 5.39. The summed E-state index contributed by atoms with van der Waals surface area (Å²) in [6, 6.07) is 8.99. The summed E-state index contributed by atoms with van der Waals surface area (Å²) in [7, 11) is -0.0805. The second-order valence-electron chi connectivity index (χ2n) is 3.74. The van der Waals surface area contributed by atoms with Crippen molar-refractivity contribution in [1.82, 2.24) is 0 Å². The van der Waals surface area contributed by atoms with Crippen LogP contribution in [-0.4, -0.2) is 5.16 Å². The summed E-state index contributed by atoms with van der Waals surface area (Å²) in [5.74, 6) is 0.620. The molecule has 0 aliphatic rings. The summed E-state index contributed by atoms with van der Waals surface area (Å²) in [6.07, 6.45) is 0. The molecule has 0 saturated carbocycles. The first-order chi connectivity index (χ1) is 7.99. The highest BCUT2D eigenvalue weighted by molar-refractivity contribution is 7.25. The van der Waals surface area contributed by atoms with Gasteiger partial charge in [-0.3, -0.25) is 4.57 Å². The first kappa shape index (κ1) is 22.4. The molecule has 0 radical (unpaired) electrons. The van der Waals surface area contributed by atoms with Crippen LogP contribution in [0.25, 0.3) is 0 Å². The molecule has 0 bridgehead atoms. The first-order valence-corrected chi connectivity index (χ1v) is 6.93. The second-order valence-corrected chi connectivity index (χ2v) is 5.60. The van der Waals surface area contributed by atoms with Gasteiger partial charge >= 0.3 is 8.69 Å². The molecule has 0 spiro atoms. The van der Waals surface area contributed by atoms with E-state index in [2.05, 4.69) is 4.52 Å². The van der Waals surface area contributed by atoms with Gasteiger partial charge < -0.3 is 4.52 Å². The van der Waals surface area contributed by atoms with Gasteiger partial charge in [-0.15, -0.1) is 0 Å². The zero-order valence-corrected chi connectivity index (χ0v) is 12.8. The third kappa shape index (κ3) is 17.6. The van der Waals surface area contributed by atoms with Crippen molar-refractivity contribution in [2.45, 2.75) is 47.2 Å². The normalized spacial score (nSPS) is 9.17. The number of rotatable bonds is 2. The van der Waals surface area contributed by atoms with Gasteiger partial charge in [-0.05, 0) is 32.9 Å². The lowest BCUT2D eigenvalue weighted by Gasteiger charge is -2.01. The number of para-hydroxylation sites is 1. The molecule has 0 heterocycles. The van der Waals surface area contributed by atoms with E-state index in [0.717, 1.165) is 0 Å². The molecule has 3 nitrogen and oxygen atoms in total. The van der Waals surface area contributed by atoms with Crippen molar-refractivity contribution in [2.24, 2.45) is 0 Å². The van der Waals surface area contributed by atoms with E-state index in [1.807, 2.05) is 52.8 Å². The minimum Gasteiger partial charge on any atom is -0.408 e. The average molecular weight is 290 g/mol. The molecule has 0 amide bonds. The molecule has 0 fully saturated rings. The van der Waals surface area contributed by atoms with Crippen LogP contribution < -0.4 is 4.52 Å². The summed E-state index contributed by atoms with van der Waals surface area (Å²) in [4.78, 5) is 0. The van der Waals surface area contributed by atoms with E-state index in [4.69, 9.17) is 0 Å². The molecule has 0 unspecified atom stereocenters. The van der Waals surface area contributed by atoms with E-state index < -0.39 is 0 Å². The van der Waals surface area contributed by atoms with Gasteiger partial charge in [0.15, 0.2) is 8.46 Å². The number of hydrogen-bond acceptors (Lipinski definition) is 3. The van der Waals surface area contributed by atoms with Crippen molar-refractivity contribution < 1.29 is 13.7 Å². The van der Waals surface area contributed by atoms with E-state index in [1.165, 1.54) is 0 Å². The van der Waals surface area contributed by atoms with Gasteiger partial charge in [-0.25, -0.2) is 4.57 Å². The van der Waals surface area contributed by atoms with E-state index in [9.17, 15) is 9.13 Å². The third-order valence-corrected chi connectivity index (χ3v) is 1.99. The lowest BCUT2D eigenvalue weighted by molar-refractivity contribution is 0.525. The van der Waals surface area contributed by atoms with Crippen LogP contribution in [0, 0.1) is 0 Å². The Morgan fingerprint density at radius 2 is 1.39 bits per heavy atom. The van der Waals surface area contributed by atoms with Crippen LogP contribution in [0.5, 0.6) is 5.75 Å². The Morgan fingerprint density at radius 1 is 1.00 bits per heavy atom. The van der Waals surface area contributed by atoms with Crippen molar-refractivity contribution >= 4 is 17.1 Å². The fourth-order valence-electron chi connectivity index (χ4n) is 0.524. The summed E-state index contributed by atoms with van der Waals surface area (Å²) >= 11 is 0. The molecule has 18 heavy (non-hydrogen) atoms. The standard InChI is InChI=1S/C6H5O2P.C4H9OP.C2H6.CH4/c7-9-8-6-4-2-1-3-5-6;1-4(2,3)6-5;1-2;/h1-5H;1-3H3;1-2H3;1H4. The minimum absolute atomic E-state index is 0. The maximum atomic E-state index is 9.92. The Bertz CT molecular complexity index is 295. The summed E-state index contributed by atoms with van der Waals surface area (Å²) in [5, 5.41) is -0.0417. The van der Waals surface area contributed by atoms with Gasteiger partial charge in [-0.1, -0.05) is 39.5 Å². The summed E-state index contributed by atoms with van der Waals surface area (Å²) in [6.45, 7) is 9.75. The lowest BCUT2D eigenvalue weighted by atomic mass is 10.3. The molecule has 0 N–H and O–H groups in total. The molecule has 5 heteroatoms. The van der Waals surface area contributed by atoms with Crippen molar-refractivity contribution in [3.8, 4) is 5.75 Å². The van der Waals surface area contributed by atoms with Crippen LogP contribution >= 0.6 is 17.1 Å². The lowest BCUT2D eigenvalue weighted by Crippen LogP contribution is -1.99. The van der Waals surface area contributed by atoms with E-state index in [-0.39, 0.29) is 29.7 Å². The zero-order chi connectivity index (χ0) is 13.7. The summed E-state index contributed by atoms with van der Waals surface area (Å²) in [5.41, 5.74) is 0. The number of benzene rings is 1. The van der Waals surface area contributed by atoms with Gasteiger partial charge in [0.2, 0.25) is 0 Å². The van der Waals surface area contributed by atoms with E-state index in [1.54, 1.807) is 12.1 Å². The molecule has 1 aromatic rings. The van der Waals surface area contributed by atoms with Crippen LogP contribution in [0.1, 0.15) is 42.0 Å². The van der Waals surface area contributed by atoms with Crippen LogP contribution in [0.4, 0.5) is 0 Å². The van der Waals surface area contributed by atoms with Crippen molar-refractivity contribution in [3.05, 3.63) is 30.3 Å². The van der Waals surface area contributed by atoms with Crippen LogP contribution in [0.2, 0.25) is 0 Å². The highest BCUT2D eigenvalue weighted by Crippen LogP contribution is 2.18. The van der Waals surface area contributed by atoms with Crippen LogP contribution in [-0.2, 0) is 9.13 Å². The monoisotopic (exact) mass is 290 g/mol. The largest absolute Gasteiger partial charge is 0.408 e. The number of hydrogen-bond donors (Lipinski definition) is 0. The molecular weight excluding hydrogens is 266 g/mol. The molecule has 0 aromatic heterocycles. The topological polar surface area (TPSA) is 43.4 Å². The zero-order valence-electron chi connectivity index (χ0n) is 11.0. The Balaban J connectivity index is -0.000000222. The fraction of sp³-hybridized carbons (Fsp3) is 0.538. The van der Waals surface area contributed by atoms with Crippen LogP contribution in [0.3, 0.4) is 0 Å². The Hall–Kier alpha value is -0.780. The van der Waals surface area contributed by atoms with E-state index in [0.29, 0.717) is 5.75 Å². The van der Waals surface area contributed by atoms with Gasteiger partial charge in [-0.2, -0.15) is 0 Å². The molecular formula is C13H24O3P2. The Kier molecular flexibility index (Phi) is 17.8. The molecule has 0 aliphatic heterocycles. The van der Waals surface area contributed by atoms with Crippen molar-refractivity contribution in [1.29, 1.82) is 0 Å². The van der Waals surface area contributed by atoms with Crippen LogP contribution in [0.15, 0.2) is 30.3 Å². The predicted molar refractivity (Wildman–Crippen MR) is 80.1 cm³/mol. The van der Waals surface area contributed by atoms with Gasteiger partial charge in [0.05, 0.1) is 0 Å². The van der Waals surface area contributed by atoms with Crippen molar-refractivity contribution in [3.63, 3.8) is 0 Å². The predicted octanol–water partition coefficient (Wildman–Crippen LogP) is 6.01.